The molecule has 0 spiro atoms. The summed E-state index contributed by atoms with van der Waals surface area (Å²) in [6.07, 6.45) is 0. The maximum atomic E-state index is 12.5. The summed E-state index contributed by atoms with van der Waals surface area (Å²) in [6.45, 7) is 6.24. The molecular weight excluding hydrogens is 276 g/mol. The lowest BCUT2D eigenvalue weighted by atomic mass is 10.2. The minimum Gasteiger partial charge on any atom is -0.335 e. The molecule has 0 atom stereocenters. The highest BCUT2D eigenvalue weighted by molar-refractivity contribution is 5.92. The zero-order valence-electron chi connectivity index (χ0n) is 13.2. The van der Waals surface area contributed by atoms with Gasteiger partial charge in [0, 0.05) is 39.8 Å². The van der Waals surface area contributed by atoms with Crippen LogP contribution in [0.5, 0.6) is 0 Å². The minimum atomic E-state index is 0.0856. The van der Waals surface area contributed by atoms with Gasteiger partial charge < -0.3 is 4.90 Å². The van der Waals surface area contributed by atoms with Gasteiger partial charge in [-0.1, -0.05) is 30.3 Å². The molecule has 22 heavy (non-hydrogen) atoms. The minimum absolute atomic E-state index is 0.0856. The van der Waals surface area contributed by atoms with Gasteiger partial charge in [0.05, 0.1) is 5.69 Å². The Balaban J connectivity index is 1.57. The van der Waals surface area contributed by atoms with Crippen LogP contribution in [0.1, 0.15) is 21.7 Å². The van der Waals surface area contributed by atoms with Gasteiger partial charge in [0.2, 0.25) is 0 Å². The van der Waals surface area contributed by atoms with Crippen LogP contribution in [0.25, 0.3) is 0 Å². The molecule has 1 fully saturated rings. The third kappa shape index (κ3) is 3.20. The average Bonchev–Trinajstić information content (AvgIpc) is 2.87. The Morgan fingerprint density at radius 2 is 1.82 bits per heavy atom. The highest BCUT2D eigenvalue weighted by Gasteiger charge is 2.24. The lowest BCUT2D eigenvalue weighted by Gasteiger charge is -2.34. The van der Waals surface area contributed by atoms with Crippen molar-refractivity contribution in [3.63, 3.8) is 0 Å². The Bertz CT molecular complexity index is 642. The van der Waals surface area contributed by atoms with Crippen molar-refractivity contribution < 1.29 is 4.79 Å². The van der Waals surface area contributed by atoms with Gasteiger partial charge in [-0.2, -0.15) is 5.10 Å². The molecule has 5 heteroatoms. The SMILES string of the molecule is Cc1cc(C(=O)N2CCN(Cc3ccccc3)CC2)n(C)n1. The van der Waals surface area contributed by atoms with E-state index in [1.165, 1.54) is 5.56 Å². The first-order valence-corrected chi connectivity index (χ1v) is 7.69. The van der Waals surface area contributed by atoms with E-state index in [-0.39, 0.29) is 5.91 Å². The molecule has 1 aromatic carbocycles. The quantitative estimate of drug-likeness (QED) is 0.866. The summed E-state index contributed by atoms with van der Waals surface area (Å²) in [6, 6.07) is 12.3. The van der Waals surface area contributed by atoms with Gasteiger partial charge in [0.1, 0.15) is 5.69 Å². The molecule has 0 radical (unpaired) electrons. The molecule has 0 aliphatic carbocycles. The van der Waals surface area contributed by atoms with E-state index < -0.39 is 0 Å². The van der Waals surface area contributed by atoms with Crippen molar-refractivity contribution in [2.45, 2.75) is 13.5 Å². The van der Waals surface area contributed by atoms with Gasteiger partial charge in [-0.25, -0.2) is 0 Å². The molecule has 3 rings (SSSR count). The van der Waals surface area contributed by atoms with Gasteiger partial charge in [0.15, 0.2) is 0 Å². The Morgan fingerprint density at radius 1 is 1.14 bits per heavy atom. The Hall–Kier alpha value is -2.14. The van der Waals surface area contributed by atoms with Gasteiger partial charge >= 0.3 is 0 Å². The van der Waals surface area contributed by atoms with Crippen molar-refractivity contribution in [1.29, 1.82) is 0 Å². The number of aromatic nitrogens is 2. The lowest BCUT2D eigenvalue weighted by molar-refractivity contribution is 0.0618. The fourth-order valence-electron chi connectivity index (χ4n) is 2.92. The van der Waals surface area contributed by atoms with Crippen LogP contribution in [0, 0.1) is 6.92 Å². The smallest absolute Gasteiger partial charge is 0.272 e. The molecule has 1 aromatic heterocycles. The van der Waals surface area contributed by atoms with Crippen molar-refractivity contribution >= 4 is 5.91 Å². The molecule has 1 aliphatic heterocycles. The van der Waals surface area contributed by atoms with Gasteiger partial charge in [-0.15, -0.1) is 0 Å². The number of piperazine rings is 1. The number of rotatable bonds is 3. The standard InChI is InChI=1S/C17H22N4O/c1-14-12-16(19(2)18-14)17(22)21-10-8-20(9-11-21)13-15-6-4-3-5-7-15/h3-7,12H,8-11,13H2,1-2H3. The molecule has 0 saturated carbocycles. The monoisotopic (exact) mass is 298 g/mol. The zero-order valence-corrected chi connectivity index (χ0v) is 13.2. The van der Waals surface area contributed by atoms with Crippen LogP contribution in [-0.4, -0.2) is 51.7 Å². The summed E-state index contributed by atoms with van der Waals surface area (Å²) >= 11 is 0. The molecule has 0 unspecified atom stereocenters. The van der Waals surface area contributed by atoms with Gasteiger partial charge in [-0.3, -0.25) is 14.4 Å². The molecule has 2 heterocycles. The second-order valence-corrected chi connectivity index (χ2v) is 5.85. The van der Waals surface area contributed by atoms with Crippen LogP contribution in [0.4, 0.5) is 0 Å². The van der Waals surface area contributed by atoms with Crippen molar-refractivity contribution in [2.24, 2.45) is 7.05 Å². The first-order valence-electron chi connectivity index (χ1n) is 7.69. The van der Waals surface area contributed by atoms with Crippen molar-refractivity contribution in [3.8, 4) is 0 Å². The van der Waals surface area contributed by atoms with Crippen LogP contribution in [0.2, 0.25) is 0 Å². The fraction of sp³-hybridized carbons (Fsp3) is 0.412. The second-order valence-electron chi connectivity index (χ2n) is 5.85. The molecule has 1 amide bonds. The molecule has 116 valence electrons. The van der Waals surface area contributed by atoms with E-state index in [0.29, 0.717) is 5.69 Å². The maximum Gasteiger partial charge on any atom is 0.272 e. The Morgan fingerprint density at radius 3 is 2.41 bits per heavy atom. The van der Waals surface area contributed by atoms with Crippen LogP contribution in [0.3, 0.4) is 0 Å². The summed E-state index contributed by atoms with van der Waals surface area (Å²) in [7, 11) is 1.83. The molecule has 1 aliphatic rings. The molecule has 0 N–H and O–H groups in total. The number of hydrogen-bond acceptors (Lipinski definition) is 3. The van der Waals surface area contributed by atoms with E-state index in [4.69, 9.17) is 0 Å². The van der Waals surface area contributed by atoms with E-state index in [0.717, 1.165) is 38.4 Å². The lowest BCUT2D eigenvalue weighted by Crippen LogP contribution is -2.48. The van der Waals surface area contributed by atoms with E-state index in [2.05, 4.69) is 34.3 Å². The number of aryl methyl sites for hydroxylation is 2. The first kappa shape index (κ1) is 14.8. The van der Waals surface area contributed by atoms with Crippen molar-refractivity contribution in [2.75, 3.05) is 26.2 Å². The number of hydrogen-bond donors (Lipinski definition) is 0. The summed E-state index contributed by atoms with van der Waals surface area (Å²) in [5.41, 5.74) is 2.88. The molecule has 0 bridgehead atoms. The van der Waals surface area contributed by atoms with Crippen molar-refractivity contribution in [1.82, 2.24) is 19.6 Å². The van der Waals surface area contributed by atoms with Crippen molar-refractivity contribution in [3.05, 3.63) is 53.3 Å². The molecule has 2 aromatic rings. The van der Waals surface area contributed by atoms with E-state index in [1.807, 2.05) is 31.0 Å². The third-order valence-electron chi connectivity index (χ3n) is 4.13. The summed E-state index contributed by atoms with van der Waals surface area (Å²) in [5, 5.41) is 4.26. The largest absolute Gasteiger partial charge is 0.335 e. The predicted octanol–water partition coefficient (Wildman–Crippen LogP) is 1.69. The van der Waals surface area contributed by atoms with Crippen LogP contribution in [-0.2, 0) is 13.6 Å². The summed E-state index contributed by atoms with van der Waals surface area (Å²) < 4.78 is 1.67. The Labute approximate surface area is 131 Å². The predicted molar refractivity (Wildman–Crippen MR) is 85.6 cm³/mol. The molecule has 1 saturated heterocycles. The molecule has 5 nitrogen and oxygen atoms in total. The highest BCUT2D eigenvalue weighted by Crippen LogP contribution is 2.12. The number of carbonyl (C=O) groups is 1. The van der Waals surface area contributed by atoms with Gasteiger partial charge in [0.25, 0.3) is 5.91 Å². The maximum absolute atomic E-state index is 12.5. The first-order chi connectivity index (χ1) is 10.6. The topological polar surface area (TPSA) is 41.4 Å². The molecular formula is C17H22N4O. The van der Waals surface area contributed by atoms with Crippen LogP contribution < -0.4 is 0 Å². The van der Waals surface area contributed by atoms with Crippen LogP contribution in [0.15, 0.2) is 36.4 Å². The highest BCUT2D eigenvalue weighted by atomic mass is 16.2. The normalized spacial score (nSPS) is 16.0. The third-order valence-corrected chi connectivity index (χ3v) is 4.13. The van der Waals surface area contributed by atoms with E-state index in [1.54, 1.807) is 4.68 Å². The number of benzene rings is 1. The number of nitrogens with zero attached hydrogens (tertiary/aromatic N) is 4. The van der Waals surface area contributed by atoms with E-state index in [9.17, 15) is 4.79 Å². The number of amides is 1. The summed E-state index contributed by atoms with van der Waals surface area (Å²) in [5.74, 6) is 0.0856. The van der Waals surface area contributed by atoms with Crippen LogP contribution >= 0.6 is 0 Å². The fourth-order valence-corrected chi connectivity index (χ4v) is 2.92. The average molecular weight is 298 g/mol. The zero-order chi connectivity index (χ0) is 15.5. The second kappa shape index (κ2) is 6.32. The van der Waals surface area contributed by atoms with E-state index >= 15 is 0 Å². The summed E-state index contributed by atoms with van der Waals surface area (Å²) in [4.78, 5) is 16.9. The van der Waals surface area contributed by atoms with Gasteiger partial charge in [-0.05, 0) is 18.6 Å². The number of carbonyl (C=O) groups excluding carboxylic acids is 1. The Kier molecular flexibility index (Phi) is 4.24.